The summed E-state index contributed by atoms with van der Waals surface area (Å²) in [5.74, 6) is 1.58. The third-order valence-electron chi connectivity index (χ3n) is 3.90. The Morgan fingerprint density at radius 2 is 1.60 bits per heavy atom. The van der Waals surface area contributed by atoms with Gasteiger partial charge in [0.2, 0.25) is 0 Å². The van der Waals surface area contributed by atoms with Crippen LogP contribution in [0.3, 0.4) is 0 Å². The molecule has 1 aliphatic heterocycles. The molecule has 0 aromatic carbocycles. The minimum Gasteiger partial charge on any atom is -0.381 e. The minimum absolute atomic E-state index is 0.517. The summed E-state index contributed by atoms with van der Waals surface area (Å²) in [7, 11) is 1.84. The molecular formula is C12H24N2O. The summed E-state index contributed by atoms with van der Waals surface area (Å²) >= 11 is 0. The summed E-state index contributed by atoms with van der Waals surface area (Å²) in [4.78, 5) is 0. The lowest BCUT2D eigenvalue weighted by molar-refractivity contribution is 0.0446. The number of nitrogens with one attached hydrogen (secondary N) is 2. The lowest BCUT2D eigenvalue weighted by atomic mass is 9.84. The molecule has 1 aliphatic carbocycles. The molecule has 1 saturated heterocycles. The molecule has 0 atom stereocenters. The topological polar surface area (TPSA) is 33.3 Å². The first-order valence-electron chi connectivity index (χ1n) is 6.29. The Bertz CT molecular complexity index is 182. The largest absolute Gasteiger partial charge is 0.381 e. The van der Waals surface area contributed by atoms with E-state index in [1.807, 2.05) is 7.11 Å². The van der Waals surface area contributed by atoms with Gasteiger partial charge < -0.3 is 15.4 Å². The van der Waals surface area contributed by atoms with Crippen LogP contribution >= 0.6 is 0 Å². The van der Waals surface area contributed by atoms with Crippen LogP contribution in [0.1, 0.15) is 32.6 Å². The summed E-state index contributed by atoms with van der Waals surface area (Å²) in [5, 5.41) is 7.24. The van der Waals surface area contributed by atoms with Crippen LogP contribution in [-0.4, -0.2) is 32.5 Å². The van der Waals surface area contributed by atoms with Gasteiger partial charge in [-0.05, 0) is 37.5 Å². The molecule has 0 radical (unpaired) electrons. The fraction of sp³-hybridized carbons (Fsp3) is 1.00. The highest BCUT2D eigenvalue weighted by Crippen LogP contribution is 2.28. The molecule has 0 spiro atoms. The van der Waals surface area contributed by atoms with Gasteiger partial charge in [-0.15, -0.1) is 0 Å². The van der Waals surface area contributed by atoms with Crippen molar-refractivity contribution in [2.24, 2.45) is 11.8 Å². The predicted octanol–water partition coefficient (Wildman–Crippen LogP) is 1.35. The zero-order valence-electron chi connectivity index (χ0n) is 9.96. The van der Waals surface area contributed by atoms with E-state index in [-0.39, 0.29) is 0 Å². The van der Waals surface area contributed by atoms with Crippen molar-refractivity contribution in [2.75, 3.05) is 20.2 Å². The summed E-state index contributed by atoms with van der Waals surface area (Å²) in [5.41, 5.74) is 0. The van der Waals surface area contributed by atoms with Crippen molar-refractivity contribution < 1.29 is 4.74 Å². The number of rotatable bonds is 2. The average Bonchev–Trinajstić information content (AvgIpc) is 2.30. The van der Waals surface area contributed by atoms with E-state index in [9.17, 15) is 0 Å². The highest BCUT2D eigenvalue weighted by atomic mass is 16.5. The van der Waals surface area contributed by atoms with Gasteiger partial charge in [-0.2, -0.15) is 0 Å². The molecule has 0 amide bonds. The zero-order chi connectivity index (χ0) is 10.7. The molecule has 3 nitrogen and oxygen atoms in total. The van der Waals surface area contributed by atoms with Gasteiger partial charge >= 0.3 is 0 Å². The molecule has 3 heteroatoms. The predicted molar refractivity (Wildman–Crippen MR) is 61.7 cm³/mol. The first-order valence-corrected chi connectivity index (χ1v) is 6.29. The first kappa shape index (κ1) is 11.4. The molecule has 0 aromatic rings. The Labute approximate surface area is 93.0 Å². The number of methoxy groups -OCH3 is 1. The molecule has 2 rings (SSSR count). The van der Waals surface area contributed by atoms with E-state index in [2.05, 4.69) is 17.6 Å². The highest BCUT2D eigenvalue weighted by Gasteiger charge is 2.29. The quantitative estimate of drug-likeness (QED) is 0.725. The van der Waals surface area contributed by atoms with Crippen molar-refractivity contribution >= 4 is 0 Å². The maximum absolute atomic E-state index is 5.40. The summed E-state index contributed by atoms with van der Waals surface area (Å²) in [6.45, 7) is 4.63. The van der Waals surface area contributed by atoms with Crippen LogP contribution in [0.2, 0.25) is 0 Å². The van der Waals surface area contributed by atoms with Crippen molar-refractivity contribution in [3.8, 4) is 0 Å². The van der Waals surface area contributed by atoms with E-state index >= 15 is 0 Å². The Hall–Kier alpha value is -0.120. The number of hydrogen-bond donors (Lipinski definition) is 2. The normalized spacial score (nSPS) is 42.8. The monoisotopic (exact) mass is 212 g/mol. The third-order valence-corrected chi connectivity index (χ3v) is 3.90. The second-order valence-corrected chi connectivity index (χ2v) is 5.17. The molecular weight excluding hydrogens is 188 g/mol. The van der Waals surface area contributed by atoms with Gasteiger partial charge in [0.05, 0.1) is 12.3 Å². The molecule has 2 N–H and O–H groups in total. The molecule has 0 bridgehead atoms. The fourth-order valence-electron chi connectivity index (χ4n) is 2.79. The zero-order valence-corrected chi connectivity index (χ0v) is 9.96. The first-order chi connectivity index (χ1) is 7.29. The van der Waals surface area contributed by atoms with Crippen molar-refractivity contribution in [1.29, 1.82) is 0 Å². The maximum atomic E-state index is 5.40. The summed E-state index contributed by atoms with van der Waals surface area (Å²) < 4.78 is 5.40. The Kier molecular flexibility index (Phi) is 4.00. The van der Waals surface area contributed by atoms with E-state index in [0.29, 0.717) is 12.3 Å². The van der Waals surface area contributed by atoms with Crippen molar-refractivity contribution in [3.05, 3.63) is 0 Å². The second-order valence-electron chi connectivity index (χ2n) is 5.17. The van der Waals surface area contributed by atoms with Crippen LogP contribution in [0.5, 0.6) is 0 Å². The van der Waals surface area contributed by atoms with Gasteiger partial charge in [-0.1, -0.05) is 6.92 Å². The van der Waals surface area contributed by atoms with Gasteiger partial charge in [0.15, 0.2) is 0 Å². The lowest BCUT2D eigenvalue weighted by Crippen LogP contribution is -2.56. The summed E-state index contributed by atoms with van der Waals surface area (Å²) in [6.07, 6.45) is 6.14. The van der Waals surface area contributed by atoms with Crippen LogP contribution in [-0.2, 0) is 4.74 Å². The van der Waals surface area contributed by atoms with E-state index < -0.39 is 0 Å². The molecule has 1 heterocycles. The van der Waals surface area contributed by atoms with Crippen molar-refractivity contribution in [1.82, 2.24) is 10.6 Å². The average molecular weight is 212 g/mol. The minimum atomic E-state index is 0.517. The van der Waals surface area contributed by atoms with Gasteiger partial charge in [0.1, 0.15) is 0 Å². The number of hydrogen-bond acceptors (Lipinski definition) is 3. The van der Waals surface area contributed by atoms with Crippen LogP contribution in [0.4, 0.5) is 0 Å². The van der Waals surface area contributed by atoms with Crippen LogP contribution in [0, 0.1) is 11.8 Å². The Balaban J connectivity index is 1.75. The Morgan fingerprint density at radius 3 is 2.13 bits per heavy atom. The van der Waals surface area contributed by atoms with Gasteiger partial charge in [0, 0.05) is 20.2 Å². The molecule has 2 aliphatic rings. The molecule has 0 aromatic heterocycles. The number of ether oxygens (including phenoxy) is 1. The second kappa shape index (κ2) is 5.28. The molecule has 88 valence electrons. The maximum Gasteiger partial charge on any atom is 0.0600 e. The van der Waals surface area contributed by atoms with E-state index in [4.69, 9.17) is 4.74 Å². The summed E-state index contributed by atoms with van der Waals surface area (Å²) in [6, 6.07) is 0. The third kappa shape index (κ3) is 2.92. The molecule has 15 heavy (non-hydrogen) atoms. The van der Waals surface area contributed by atoms with E-state index in [0.717, 1.165) is 11.8 Å². The molecule has 0 unspecified atom stereocenters. The van der Waals surface area contributed by atoms with Crippen molar-refractivity contribution in [3.63, 3.8) is 0 Å². The Morgan fingerprint density at radius 1 is 1.00 bits per heavy atom. The van der Waals surface area contributed by atoms with E-state index in [1.165, 1.54) is 38.8 Å². The highest BCUT2D eigenvalue weighted by molar-refractivity contribution is 4.84. The lowest BCUT2D eigenvalue weighted by Gasteiger charge is -2.38. The van der Waals surface area contributed by atoms with Crippen LogP contribution < -0.4 is 10.6 Å². The fourth-order valence-corrected chi connectivity index (χ4v) is 2.79. The van der Waals surface area contributed by atoms with Crippen molar-refractivity contribution in [2.45, 2.75) is 44.9 Å². The van der Waals surface area contributed by atoms with E-state index in [1.54, 1.807) is 0 Å². The molecule has 2 fully saturated rings. The molecule has 1 saturated carbocycles. The standard InChI is InChI=1S/C12H24N2O/c1-9-7-13-12(14-8-9)10-3-5-11(15-2)6-4-10/h9-14H,3-8H2,1-2H3. The van der Waals surface area contributed by atoms with Gasteiger partial charge in [-0.3, -0.25) is 0 Å². The smallest absolute Gasteiger partial charge is 0.0600 e. The SMILES string of the molecule is COC1CCC(C2NCC(C)CN2)CC1. The van der Waals surface area contributed by atoms with Gasteiger partial charge in [-0.25, -0.2) is 0 Å². The van der Waals surface area contributed by atoms with Crippen LogP contribution in [0.25, 0.3) is 0 Å². The van der Waals surface area contributed by atoms with Gasteiger partial charge in [0.25, 0.3) is 0 Å². The van der Waals surface area contributed by atoms with Crippen LogP contribution in [0.15, 0.2) is 0 Å².